The smallest absolute Gasteiger partial charge is 0.141 e. The van der Waals surface area contributed by atoms with E-state index >= 15 is 0 Å². The summed E-state index contributed by atoms with van der Waals surface area (Å²) in [6.07, 6.45) is 2.01. The predicted molar refractivity (Wildman–Crippen MR) is 83.9 cm³/mol. The number of rotatable bonds is 6. The normalized spacial score (nSPS) is 11.0. The molecule has 2 nitrogen and oxygen atoms in total. The highest BCUT2D eigenvalue weighted by Gasteiger charge is 2.12. The van der Waals surface area contributed by atoms with Crippen LogP contribution >= 0.6 is 22.9 Å². The van der Waals surface area contributed by atoms with Crippen molar-refractivity contribution in [3.05, 3.63) is 39.6 Å². The zero-order chi connectivity index (χ0) is 14.5. The van der Waals surface area contributed by atoms with E-state index in [0.29, 0.717) is 0 Å². The molecule has 1 aromatic carbocycles. The first-order valence-electron chi connectivity index (χ1n) is 6.80. The summed E-state index contributed by atoms with van der Waals surface area (Å²) >= 11 is 7.48. The van der Waals surface area contributed by atoms with Gasteiger partial charge in [-0.25, -0.2) is 9.37 Å². The van der Waals surface area contributed by atoms with E-state index in [1.54, 1.807) is 23.5 Å². The Hall–Kier alpha value is -0.970. The van der Waals surface area contributed by atoms with Crippen molar-refractivity contribution in [2.45, 2.75) is 33.2 Å². The van der Waals surface area contributed by atoms with Crippen molar-refractivity contribution in [3.8, 4) is 10.6 Å². The van der Waals surface area contributed by atoms with Gasteiger partial charge in [0.2, 0.25) is 0 Å². The summed E-state index contributed by atoms with van der Waals surface area (Å²) in [5.41, 5.74) is 1.98. The Morgan fingerprint density at radius 1 is 1.35 bits per heavy atom. The van der Waals surface area contributed by atoms with Gasteiger partial charge >= 0.3 is 0 Å². The van der Waals surface area contributed by atoms with Crippen LogP contribution in [0.3, 0.4) is 0 Å². The molecule has 0 bridgehead atoms. The van der Waals surface area contributed by atoms with Gasteiger partial charge in [0.25, 0.3) is 0 Å². The van der Waals surface area contributed by atoms with Gasteiger partial charge in [0.15, 0.2) is 0 Å². The van der Waals surface area contributed by atoms with Gasteiger partial charge in [-0.15, -0.1) is 11.3 Å². The fourth-order valence-electron chi connectivity index (χ4n) is 1.93. The third-order valence-electron chi connectivity index (χ3n) is 2.99. The molecular weight excluding hydrogens is 295 g/mol. The van der Waals surface area contributed by atoms with Crippen LogP contribution in [-0.2, 0) is 13.0 Å². The van der Waals surface area contributed by atoms with Gasteiger partial charge in [-0.3, -0.25) is 0 Å². The molecule has 1 aromatic heterocycles. The minimum absolute atomic E-state index is 0.140. The van der Waals surface area contributed by atoms with E-state index in [4.69, 9.17) is 11.6 Å². The van der Waals surface area contributed by atoms with Crippen LogP contribution in [0, 0.1) is 5.82 Å². The molecule has 2 aromatic rings. The van der Waals surface area contributed by atoms with E-state index in [2.05, 4.69) is 24.1 Å². The van der Waals surface area contributed by atoms with Gasteiger partial charge in [0.05, 0.1) is 10.7 Å². The molecule has 0 fully saturated rings. The van der Waals surface area contributed by atoms with Crippen molar-refractivity contribution in [2.75, 3.05) is 6.54 Å². The standard InChI is InChI=1S/C15H18ClFN2S/c1-3-7-18-9-14-13(4-2)19-15(20-14)10-5-6-12(17)11(16)8-10/h5-6,8,18H,3-4,7,9H2,1-2H3. The molecule has 0 aliphatic carbocycles. The molecule has 0 saturated heterocycles. The quantitative estimate of drug-likeness (QED) is 0.784. The van der Waals surface area contributed by atoms with Crippen LogP contribution in [0.15, 0.2) is 18.2 Å². The van der Waals surface area contributed by atoms with E-state index in [0.717, 1.165) is 42.2 Å². The molecule has 20 heavy (non-hydrogen) atoms. The third-order valence-corrected chi connectivity index (χ3v) is 4.43. The maximum Gasteiger partial charge on any atom is 0.141 e. The summed E-state index contributed by atoms with van der Waals surface area (Å²) in [4.78, 5) is 5.89. The number of aromatic nitrogens is 1. The van der Waals surface area contributed by atoms with Crippen LogP contribution in [0.1, 0.15) is 30.8 Å². The molecule has 1 heterocycles. The number of thiazole rings is 1. The largest absolute Gasteiger partial charge is 0.312 e. The summed E-state index contributed by atoms with van der Waals surface area (Å²) < 4.78 is 13.2. The highest BCUT2D eigenvalue weighted by molar-refractivity contribution is 7.15. The topological polar surface area (TPSA) is 24.9 Å². The summed E-state index contributed by atoms with van der Waals surface area (Å²) in [6, 6.07) is 4.75. The van der Waals surface area contributed by atoms with Crippen LogP contribution in [0.5, 0.6) is 0 Å². The molecule has 0 amide bonds. The Morgan fingerprint density at radius 3 is 2.80 bits per heavy atom. The maximum absolute atomic E-state index is 13.2. The van der Waals surface area contributed by atoms with Gasteiger partial charge in [0.1, 0.15) is 10.8 Å². The first-order chi connectivity index (χ1) is 9.65. The second kappa shape index (κ2) is 7.16. The molecule has 0 atom stereocenters. The SMILES string of the molecule is CCCNCc1sc(-c2ccc(F)c(Cl)c2)nc1CC. The van der Waals surface area contributed by atoms with Crippen molar-refractivity contribution in [2.24, 2.45) is 0 Å². The number of halogens is 2. The van der Waals surface area contributed by atoms with Crippen molar-refractivity contribution in [1.82, 2.24) is 10.3 Å². The number of nitrogens with one attached hydrogen (secondary N) is 1. The minimum Gasteiger partial charge on any atom is -0.312 e. The fourth-order valence-corrected chi connectivity index (χ4v) is 3.23. The Balaban J connectivity index is 2.25. The summed E-state index contributed by atoms with van der Waals surface area (Å²) in [5.74, 6) is -0.396. The number of hydrogen-bond donors (Lipinski definition) is 1. The van der Waals surface area contributed by atoms with Crippen LogP contribution in [-0.4, -0.2) is 11.5 Å². The summed E-state index contributed by atoms with van der Waals surface area (Å²) in [5, 5.41) is 4.44. The minimum atomic E-state index is -0.396. The lowest BCUT2D eigenvalue weighted by molar-refractivity contribution is 0.628. The Kier molecular flexibility index (Phi) is 5.52. The predicted octanol–water partition coefficient (Wildman–Crippen LogP) is 4.66. The van der Waals surface area contributed by atoms with Crippen molar-refractivity contribution < 1.29 is 4.39 Å². The second-order valence-corrected chi connectivity index (χ2v) is 6.04. The molecule has 5 heteroatoms. The van der Waals surface area contributed by atoms with Gasteiger partial charge in [-0.2, -0.15) is 0 Å². The second-order valence-electron chi connectivity index (χ2n) is 4.55. The molecule has 0 aliphatic heterocycles. The van der Waals surface area contributed by atoms with E-state index in [1.165, 1.54) is 10.9 Å². The zero-order valence-corrected chi connectivity index (χ0v) is 13.2. The molecule has 108 valence electrons. The van der Waals surface area contributed by atoms with Crippen LogP contribution < -0.4 is 5.32 Å². The lowest BCUT2D eigenvalue weighted by Gasteiger charge is -2.01. The fraction of sp³-hybridized carbons (Fsp3) is 0.400. The lowest BCUT2D eigenvalue weighted by Crippen LogP contribution is -2.13. The van der Waals surface area contributed by atoms with Crippen molar-refractivity contribution >= 4 is 22.9 Å². The first-order valence-corrected chi connectivity index (χ1v) is 7.99. The number of benzene rings is 1. The van der Waals surface area contributed by atoms with Crippen LogP contribution in [0.2, 0.25) is 5.02 Å². The molecule has 0 spiro atoms. The monoisotopic (exact) mass is 312 g/mol. The Labute approximate surface area is 128 Å². The zero-order valence-electron chi connectivity index (χ0n) is 11.7. The molecular formula is C15H18ClFN2S. The summed E-state index contributed by atoms with van der Waals surface area (Å²) in [6.45, 7) is 6.08. The maximum atomic E-state index is 13.2. The number of hydrogen-bond acceptors (Lipinski definition) is 3. The van der Waals surface area contributed by atoms with E-state index < -0.39 is 5.82 Å². The van der Waals surface area contributed by atoms with Gasteiger partial charge in [-0.05, 0) is 37.6 Å². The average molecular weight is 313 g/mol. The molecule has 0 aliphatic rings. The van der Waals surface area contributed by atoms with Crippen LogP contribution in [0.25, 0.3) is 10.6 Å². The number of aryl methyl sites for hydroxylation is 1. The van der Waals surface area contributed by atoms with Crippen LogP contribution in [0.4, 0.5) is 4.39 Å². The molecule has 0 unspecified atom stereocenters. The Morgan fingerprint density at radius 2 is 2.15 bits per heavy atom. The molecule has 0 saturated carbocycles. The Bertz CT molecular complexity index is 583. The lowest BCUT2D eigenvalue weighted by atomic mass is 10.2. The summed E-state index contributed by atoms with van der Waals surface area (Å²) in [7, 11) is 0. The highest BCUT2D eigenvalue weighted by Crippen LogP contribution is 2.30. The molecule has 2 rings (SSSR count). The average Bonchev–Trinajstić information content (AvgIpc) is 2.85. The van der Waals surface area contributed by atoms with Gasteiger partial charge < -0.3 is 5.32 Å². The van der Waals surface area contributed by atoms with E-state index in [9.17, 15) is 4.39 Å². The number of nitrogens with zero attached hydrogens (tertiary/aromatic N) is 1. The third kappa shape index (κ3) is 3.57. The first kappa shape index (κ1) is 15.4. The van der Waals surface area contributed by atoms with E-state index in [1.807, 2.05) is 0 Å². The van der Waals surface area contributed by atoms with Gasteiger partial charge in [0, 0.05) is 17.0 Å². The van der Waals surface area contributed by atoms with Crippen molar-refractivity contribution in [1.29, 1.82) is 0 Å². The van der Waals surface area contributed by atoms with Crippen molar-refractivity contribution in [3.63, 3.8) is 0 Å². The van der Waals surface area contributed by atoms with E-state index in [-0.39, 0.29) is 5.02 Å². The molecule has 0 radical (unpaired) electrons. The highest BCUT2D eigenvalue weighted by atomic mass is 35.5. The molecule has 1 N–H and O–H groups in total. The van der Waals surface area contributed by atoms with Gasteiger partial charge in [-0.1, -0.05) is 25.4 Å².